The second-order valence-electron chi connectivity index (χ2n) is 5.58. The molecule has 1 aromatic rings. The summed E-state index contributed by atoms with van der Waals surface area (Å²) in [4.78, 5) is 14.3. The fraction of sp³-hybridized carbons (Fsp3) is 0.562. The highest BCUT2D eigenvalue weighted by Gasteiger charge is 2.30. The van der Waals surface area contributed by atoms with Crippen LogP contribution in [0.4, 0.5) is 0 Å². The van der Waals surface area contributed by atoms with Gasteiger partial charge in [0.05, 0.1) is 12.1 Å². The Morgan fingerprint density at radius 2 is 1.95 bits per heavy atom. The minimum absolute atomic E-state index is 0.0205. The molecule has 1 amide bonds. The number of aliphatic hydroxyl groups is 1. The summed E-state index contributed by atoms with van der Waals surface area (Å²) in [5.41, 5.74) is 2.91. The largest absolute Gasteiger partial charge is 0.391 e. The van der Waals surface area contributed by atoms with Crippen molar-refractivity contribution in [2.24, 2.45) is 0 Å². The van der Waals surface area contributed by atoms with Gasteiger partial charge in [0.1, 0.15) is 0 Å². The Morgan fingerprint density at radius 3 is 2.63 bits per heavy atom. The third-order valence-electron chi connectivity index (χ3n) is 4.35. The minimum Gasteiger partial charge on any atom is -0.391 e. The third kappa shape index (κ3) is 2.81. The molecule has 1 saturated carbocycles. The van der Waals surface area contributed by atoms with Crippen LogP contribution < -0.4 is 0 Å². The van der Waals surface area contributed by atoms with E-state index in [0.29, 0.717) is 0 Å². The van der Waals surface area contributed by atoms with Gasteiger partial charge < -0.3 is 10.0 Å². The summed E-state index contributed by atoms with van der Waals surface area (Å²) in [6, 6.07) is 5.76. The number of nitrogens with zero attached hydrogens (tertiary/aromatic N) is 1. The number of likely N-dealkylation sites (N-methyl/N-ethyl adjacent to an activating group) is 1. The fourth-order valence-electron chi connectivity index (χ4n) is 2.87. The van der Waals surface area contributed by atoms with Crippen LogP contribution in [0.25, 0.3) is 0 Å². The summed E-state index contributed by atoms with van der Waals surface area (Å²) < 4.78 is 0. The van der Waals surface area contributed by atoms with Crippen molar-refractivity contribution in [1.29, 1.82) is 0 Å². The van der Waals surface area contributed by atoms with E-state index < -0.39 is 0 Å². The van der Waals surface area contributed by atoms with E-state index in [1.165, 1.54) is 0 Å². The predicted octanol–water partition coefficient (Wildman–Crippen LogP) is 2.68. The Kier molecular flexibility index (Phi) is 4.25. The van der Waals surface area contributed by atoms with Crippen molar-refractivity contribution >= 4 is 5.91 Å². The summed E-state index contributed by atoms with van der Waals surface area (Å²) >= 11 is 0. The molecule has 1 fully saturated rings. The van der Waals surface area contributed by atoms with Crippen LogP contribution in [0.2, 0.25) is 0 Å². The number of carbonyl (C=O) groups is 1. The van der Waals surface area contributed by atoms with Crippen molar-refractivity contribution < 1.29 is 9.90 Å². The van der Waals surface area contributed by atoms with Crippen molar-refractivity contribution in [2.75, 3.05) is 7.05 Å². The summed E-state index contributed by atoms with van der Waals surface area (Å²) in [6.45, 7) is 4.00. The second-order valence-corrected chi connectivity index (χ2v) is 5.58. The molecule has 0 spiro atoms. The lowest BCUT2D eigenvalue weighted by Gasteiger charge is -2.35. The number of rotatable bonds is 2. The van der Waals surface area contributed by atoms with Gasteiger partial charge in [-0.15, -0.1) is 0 Å². The maximum Gasteiger partial charge on any atom is 0.254 e. The molecule has 1 aliphatic rings. The molecule has 1 aliphatic carbocycles. The molecule has 0 bridgehead atoms. The van der Waals surface area contributed by atoms with Crippen molar-refractivity contribution in [3.63, 3.8) is 0 Å². The Labute approximate surface area is 115 Å². The predicted molar refractivity (Wildman–Crippen MR) is 76.3 cm³/mol. The first-order valence-electron chi connectivity index (χ1n) is 7.04. The van der Waals surface area contributed by atoms with Crippen LogP contribution in [0.3, 0.4) is 0 Å². The van der Waals surface area contributed by atoms with E-state index in [2.05, 4.69) is 0 Å². The lowest BCUT2D eigenvalue weighted by Crippen LogP contribution is -2.46. The zero-order chi connectivity index (χ0) is 14.0. The van der Waals surface area contributed by atoms with Crippen LogP contribution in [0, 0.1) is 13.8 Å². The SMILES string of the molecule is Cc1cccc(C(=O)N(C)C2CCCCC2O)c1C. The normalized spacial score (nSPS) is 23.2. The zero-order valence-corrected chi connectivity index (χ0v) is 12.0. The van der Waals surface area contributed by atoms with Crippen LogP contribution in [-0.2, 0) is 0 Å². The van der Waals surface area contributed by atoms with E-state index in [1.807, 2.05) is 39.1 Å². The van der Waals surface area contributed by atoms with Crippen molar-refractivity contribution in [3.8, 4) is 0 Å². The fourth-order valence-corrected chi connectivity index (χ4v) is 2.87. The van der Waals surface area contributed by atoms with Crippen molar-refractivity contribution in [1.82, 2.24) is 4.90 Å². The molecule has 0 aromatic heterocycles. The van der Waals surface area contributed by atoms with E-state index in [1.54, 1.807) is 4.90 Å². The molecule has 3 heteroatoms. The van der Waals surface area contributed by atoms with Gasteiger partial charge in [-0.2, -0.15) is 0 Å². The van der Waals surface area contributed by atoms with Crippen molar-refractivity contribution in [2.45, 2.75) is 51.7 Å². The van der Waals surface area contributed by atoms with Gasteiger partial charge in [-0.3, -0.25) is 4.79 Å². The molecule has 2 rings (SSSR count). The molecule has 2 atom stereocenters. The quantitative estimate of drug-likeness (QED) is 0.889. The van der Waals surface area contributed by atoms with Gasteiger partial charge in [-0.1, -0.05) is 25.0 Å². The maximum atomic E-state index is 12.6. The molecule has 104 valence electrons. The average Bonchev–Trinajstić information content (AvgIpc) is 2.41. The van der Waals surface area contributed by atoms with Crippen LogP contribution in [0.15, 0.2) is 18.2 Å². The lowest BCUT2D eigenvalue weighted by molar-refractivity contribution is 0.0267. The van der Waals surface area contributed by atoms with E-state index in [-0.39, 0.29) is 18.1 Å². The van der Waals surface area contributed by atoms with Crippen molar-refractivity contribution in [3.05, 3.63) is 34.9 Å². The highest BCUT2D eigenvalue weighted by molar-refractivity contribution is 5.96. The second kappa shape index (κ2) is 5.74. The summed E-state index contributed by atoms with van der Waals surface area (Å²) in [7, 11) is 1.81. The first kappa shape index (κ1) is 14.1. The van der Waals surface area contributed by atoms with Gasteiger partial charge in [0.25, 0.3) is 5.91 Å². The number of amides is 1. The molecular formula is C16H23NO2. The van der Waals surface area contributed by atoms with E-state index in [9.17, 15) is 9.90 Å². The molecule has 19 heavy (non-hydrogen) atoms. The number of aryl methyl sites for hydroxylation is 1. The number of aliphatic hydroxyl groups excluding tert-OH is 1. The summed E-state index contributed by atoms with van der Waals surface area (Å²) in [5.74, 6) is 0.0205. The Hall–Kier alpha value is -1.35. The number of benzene rings is 1. The highest BCUT2D eigenvalue weighted by atomic mass is 16.3. The van der Waals surface area contributed by atoms with Crippen LogP contribution >= 0.6 is 0 Å². The van der Waals surface area contributed by atoms with Gasteiger partial charge in [0.15, 0.2) is 0 Å². The first-order chi connectivity index (χ1) is 9.02. The highest BCUT2D eigenvalue weighted by Crippen LogP contribution is 2.24. The monoisotopic (exact) mass is 261 g/mol. The van der Waals surface area contributed by atoms with Gasteiger partial charge in [-0.05, 0) is 43.9 Å². The Balaban J connectivity index is 2.21. The van der Waals surface area contributed by atoms with E-state index in [0.717, 1.165) is 42.4 Å². The van der Waals surface area contributed by atoms with Crippen LogP contribution in [-0.4, -0.2) is 35.1 Å². The molecule has 0 saturated heterocycles. The zero-order valence-electron chi connectivity index (χ0n) is 12.0. The average molecular weight is 261 g/mol. The number of hydrogen-bond acceptors (Lipinski definition) is 2. The van der Waals surface area contributed by atoms with Gasteiger partial charge in [-0.25, -0.2) is 0 Å². The topological polar surface area (TPSA) is 40.5 Å². The molecule has 0 radical (unpaired) electrons. The standard InChI is InChI=1S/C16H23NO2/c1-11-7-6-8-13(12(11)2)16(19)17(3)14-9-4-5-10-15(14)18/h6-8,14-15,18H,4-5,9-10H2,1-3H3. The van der Waals surface area contributed by atoms with Crippen LogP contribution in [0.1, 0.15) is 47.2 Å². The van der Waals surface area contributed by atoms with Gasteiger partial charge in [0, 0.05) is 12.6 Å². The smallest absolute Gasteiger partial charge is 0.254 e. The lowest BCUT2D eigenvalue weighted by atomic mass is 9.91. The Bertz CT molecular complexity index is 470. The summed E-state index contributed by atoms with van der Waals surface area (Å²) in [5, 5.41) is 10.1. The number of hydrogen-bond donors (Lipinski definition) is 1. The van der Waals surface area contributed by atoms with E-state index in [4.69, 9.17) is 0 Å². The molecule has 0 heterocycles. The van der Waals surface area contributed by atoms with Gasteiger partial charge >= 0.3 is 0 Å². The maximum absolute atomic E-state index is 12.6. The number of carbonyl (C=O) groups excluding carboxylic acids is 1. The van der Waals surface area contributed by atoms with Gasteiger partial charge in [0.2, 0.25) is 0 Å². The Morgan fingerprint density at radius 1 is 1.26 bits per heavy atom. The molecular weight excluding hydrogens is 238 g/mol. The first-order valence-corrected chi connectivity index (χ1v) is 7.04. The molecule has 1 aromatic carbocycles. The molecule has 2 unspecified atom stereocenters. The molecule has 3 nitrogen and oxygen atoms in total. The molecule has 0 aliphatic heterocycles. The third-order valence-corrected chi connectivity index (χ3v) is 4.35. The molecule has 1 N–H and O–H groups in total. The summed E-state index contributed by atoms with van der Waals surface area (Å²) in [6.07, 6.45) is 3.46. The van der Waals surface area contributed by atoms with E-state index >= 15 is 0 Å². The minimum atomic E-state index is -0.382. The van der Waals surface area contributed by atoms with Crippen LogP contribution in [0.5, 0.6) is 0 Å².